The number of hydrogen-bond donors (Lipinski definition) is 0. The van der Waals surface area contributed by atoms with E-state index in [1.54, 1.807) is 0 Å². The van der Waals surface area contributed by atoms with Gasteiger partial charge in [-0.1, -0.05) is 6.92 Å². The molecule has 0 saturated heterocycles. The van der Waals surface area contributed by atoms with Gasteiger partial charge in [0.05, 0.1) is 6.61 Å². The second-order valence-electron chi connectivity index (χ2n) is 5.40. The lowest BCUT2D eigenvalue weighted by Crippen LogP contribution is -2.45. The Morgan fingerprint density at radius 1 is 1.33 bits per heavy atom. The van der Waals surface area contributed by atoms with Crippen LogP contribution in [0.1, 0.15) is 31.7 Å². The number of Topliss-reactive ketones (excluding diaryl/α,β-unsaturated/α-hetero) is 1. The smallest absolute Gasteiger partial charge is 0.165 e. The molecule has 2 aliphatic rings. The van der Waals surface area contributed by atoms with Gasteiger partial charge < -0.3 is 4.74 Å². The summed E-state index contributed by atoms with van der Waals surface area (Å²) in [6.07, 6.45) is 1.39. The van der Waals surface area contributed by atoms with Crippen LogP contribution in [0.15, 0.2) is 12.1 Å². The Hall–Kier alpha value is -1.45. The van der Waals surface area contributed by atoms with Crippen molar-refractivity contribution in [2.75, 3.05) is 6.61 Å². The van der Waals surface area contributed by atoms with Crippen LogP contribution in [0.4, 0.5) is 8.78 Å². The molecule has 0 bridgehead atoms. The van der Waals surface area contributed by atoms with Gasteiger partial charge in [0.1, 0.15) is 11.6 Å². The molecular weight excluding hydrogens is 238 g/mol. The minimum absolute atomic E-state index is 0.0306. The van der Waals surface area contributed by atoms with E-state index in [-0.39, 0.29) is 24.1 Å². The van der Waals surface area contributed by atoms with Crippen molar-refractivity contribution in [1.82, 2.24) is 0 Å². The van der Waals surface area contributed by atoms with Crippen LogP contribution >= 0.6 is 0 Å². The molecule has 1 aromatic carbocycles. The predicted octanol–water partition coefficient (Wildman–Crippen LogP) is 2.98. The third kappa shape index (κ3) is 1.48. The van der Waals surface area contributed by atoms with Gasteiger partial charge in [-0.25, -0.2) is 8.78 Å². The van der Waals surface area contributed by atoms with E-state index in [2.05, 4.69) is 0 Å². The molecule has 2 nitrogen and oxygen atoms in total. The summed E-state index contributed by atoms with van der Waals surface area (Å²) in [5.74, 6) is -0.803. The van der Waals surface area contributed by atoms with Crippen LogP contribution in [0.25, 0.3) is 0 Å². The van der Waals surface area contributed by atoms with Gasteiger partial charge >= 0.3 is 0 Å². The molecule has 1 unspecified atom stereocenters. The second-order valence-corrected chi connectivity index (χ2v) is 5.40. The third-order valence-electron chi connectivity index (χ3n) is 4.36. The van der Waals surface area contributed by atoms with Gasteiger partial charge in [-0.05, 0) is 18.6 Å². The zero-order valence-corrected chi connectivity index (χ0v) is 10.1. The first-order valence-corrected chi connectivity index (χ1v) is 6.15. The van der Waals surface area contributed by atoms with Crippen LogP contribution < -0.4 is 4.74 Å². The molecule has 1 aliphatic carbocycles. The summed E-state index contributed by atoms with van der Waals surface area (Å²) < 4.78 is 33.1. The molecule has 1 aromatic rings. The van der Waals surface area contributed by atoms with E-state index in [4.69, 9.17) is 4.74 Å². The minimum Gasteiger partial charge on any atom is -0.490 e. The predicted molar refractivity (Wildman–Crippen MR) is 61.6 cm³/mol. The van der Waals surface area contributed by atoms with Gasteiger partial charge in [-0.15, -0.1) is 0 Å². The zero-order chi connectivity index (χ0) is 12.9. The van der Waals surface area contributed by atoms with E-state index in [1.165, 1.54) is 0 Å². The summed E-state index contributed by atoms with van der Waals surface area (Å²) in [4.78, 5) is 11.5. The average Bonchev–Trinajstić information content (AvgIpc) is 2.34. The Labute approximate surface area is 104 Å². The number of carbonyl (C=O) groups excluding carboxylic acids is 1. The molecule has 1 saturated carbocycles. The zero-order valence-electron chi connectivity index (χ0n) is 10.1. The number of benzene rings is 1. The van der Waals surface area contributed by atoms with Gasteiger partial charge in [-0.2, -0.15) is 0 Å². The lowest BCUT2D eigenvalue weighted by molar-refractivity contribution is -0.124. The summed E-state index contributed by atoms with van der Waals surface area (Å²) in [5, 5.41) is 0. The van der Waals surface area contributed by atoms with E-state index < -0.39 is 17.0 Å². The highest BCUT2D eigenvalue weighted by Gasteiger charge is 2.47. The Morgan fingerprint density at radius 3 is 2.83 bits per heavy atom. The van der Waals surface area contributed by atoms with Crippen molar-refractivity contribution in [3.8, 4) is 5.75 Å². The lowest BCUT2D eigenvalue weighted by atomic mass is 9.62. The van der Waals surface area contributed by atoms with Crippen molar-refractivity contribution in [3.63, 3.8) is 0 Å². The molecule has 0 radical (unpaired) electrons. The van der Waals surface area contributed by atoms with Crippen molar-refractivity contribution >= 4 is 5.78 Å². The molecule has 18 heavy (non-hydrogen) atoms. The van der Waals surface area contributed by atoms with Crippen molar-refractivity contribution in [2.24, 2.45) is 5.92 Å². The minimum atomic E-state index is -0.525. The van der Waals surface area contributed by atoms with E-state index in [0.717, 1.165) is 12.1 Å². The molecule has 0 amide bonds. The highest BCUT2D eigenvalue weighted by Crippen LogP contribution is 2.50. The first kappa shape index (κ1) is 11.6. The quantitative estimate of drug-likeness (QED) is 0.709. The molecule has 1 heterocycles. The van der Waals surface area contributed by atoms with Crippen LogP contribution in [0.3, 0.4) is 0 Å². The highest BCUT2D eigenvalue weighted by atomic mass is 19.1. The lowest BCUT2D eigenvalue weighted by Gasteiger charge is -2.45. The van der Waals surface area contributed by atoms with E-state index in [1.807, 2.05) is 6.92 Å². The van der Waals surface area contributed by atoms with Gasteiger partial charge in [0.15, 0.2) is 11.6 Å². The SMILES string of the molecule is C[C@@]12CCC(=O)CC1COc1c(F)ccc(F)c12. The standard InChI is InChI=1S/C14H14F2O2/c1-14-5-4-9(17)6-8(14)7-18-13-11(16)3-2-10(15)12(13)14/h2-3,8H,4-7H2,1H3/t8?,14-/m1/s1. The molecule has 3 rings (SSSR count). The summed E-state index contributed by atoms with van der Waals surface area (Å²) in [5.41, 5.74) is -0.181. The Bertz CT molecular complexity index is 527. The molecule has 0 spiro atoms. The molecule has 0 N–H and O–H groups in total. The number of carbonyl (C=O) groups is 1. The Balaban J connectivity index is 2.16. The molecular formula is C14H14F2O2. The fourth-order valence-electron chi connectivity index (χ4n) is 3.17. The number of fused-ring (bicyclic) bond motifs is 3. The number of ether oxygens (including phenoxy) is 1. The first-order valence-electron chi connectivity index (χ1n) is 6.15. The normalized spacial score (nSPS) is 30.4. The van der Waals surface area contributed by atoms with Gasteiger partial charge in [0, 0.05) is 29.7 Å². The molecule has 2 atom stereocenters. The van der Waals surface area contributed by atoms with Gasteiger partial charge in [0.25, 0.3) is 0 Å². The van der Waals surface area contributed by atoms with Crippen molar-refractivity contribution in [2.45, 2.75) is 31.6 Å². The first-order chi connectivity index (χ1) is 8.52. The van der Waals surface area contributed by atoms with Crippen molar-refractivity contribution < 1.29 is 18.3 Å². The number of halogens is 2. The van der Waals surface area contributed by atoms with E-state index >= 15 is 0 Å². The largest absolute Gasteiger partial charge is 0.490 e. The maximum Gasteiger partial charge on any atom is 0.165 e. The maximum absolute atomic E-state index is 14.0. The molecule has 1 fully saturated rings. The van der Waals surface area contributed by atoms with Crippen LogP contribution in [0.5, 0.6) is 5.75 Å². The van der Waals surface area contributed by atoms with Crippen molar-refractivity contribution in [3.05, 3.63) is 29.3 Å². The Morgan fingerprint density at radius 2 is 2.06 bits per heavy atom. The molecule has 1 aliphatic heterocycles. The average molecular weight is 252 g/mol. The summed E-state index contributed by atoms with van der Waals surface area (Å²) in [6, 6.07) is 2.23. The summed E-state index contributed by atoms with van der Waals surface area (Å²) >= 11 is 0. The Kier molecular flexibility index (Phi) is 2.44. The van der Waals surface area contributed by atoms with Crippen LogP contribution in [-0.4, -0.2) is 12.4 Å². The van der Waals surface area contributed by atoms with Gasteiger partial charge in [0.2, 0.25) is 0 Å². The van der Waals surface area contributed by atoms with Crippen LogP contribution in [0, 0.1) is 17.6 Å². The fraction of sp³-hybridized carbons (Fsp3) is 0.500. The number of rotatable bonds is 0. The third-order valence-corrected chi connectivity index (χ3v) is 4.36. The molecule has 4 heteroatoms. The van der Waals surface area contributed by atoms with E-state index in [0.29, 0.717) is 24.8 Å². The fourth-order valence-corrected chi connectivity index (χ4v) is 3.17. The molecule has 0 aromatic heterocycles. The molecule has 96 valence electrons. The maximum atomic E-state index is 14.0. The number of hydrogen-bond acceptors (Lipinski definition) is 2. The topological polar surface area (TPSA) is 26.3 Å². The second kappa shape index (κ2) is 3.77. The van der Waals surface area contributed by atoms with E-state index in [9.17, 15) is 13.6 Å². The van der Waals surface area contributed by atoms with Gasteiger partial charge in [-0.3, -0.25) is 4.79 Å². The monoisotopic (exact) mass is 252 g/mol. The van der Waals surface area contributed by atoms with Crippen LogP contribution in [0.2, 0.25) is 0 Å². The van der Waals surface area contributed by atoms with Crippen LogP contribution in [-0.2, 0) is 10.2 Å². The van der Waals surface area contributed by atoms with Crippen molar-refractivity contribution in [1.29, 1.82) is 0 Å². The summed E-state index contributed by atoms with van der Waals surface area (Å²) in [7, 11) is 0. The summed E-state index contributed by atoms with van der Waals surface area (Å²) in [6.45, 7) is 2.20. The highest BCUT2D eigenvalue weighted by molar-refractivity contribution is 5.80. The number of ketones is 1.